The third kappa shape index (κ3) is 2.06. The summed E-state index contributed by atoms with van der Waals surface area (Å²) in [5, 5.41) is 15.9. The molecule has 0 bridgehead atoms. The van der Waals surface area contributed by atoms with Gasteiger partial charge in [-0.2, -0.15) is 5.10 Å². The molecule has 2 aromatic heterocycles. The predicted molar refractivity (Wildman–Crippen MR) is 68.9 cm³/mol. The number of hydrogen-bond donors (Lipinski definition) is 0. The molecule has 0 aliphatic heterocycles. The minimum Gasteiger partial charge on any atom is -0.259 e. The van der Waals surface area contributed by atoms with Crippen molar-refractivity contribution >= 4 is 28.7 Å². The maximum absolute atomic E-state index is 10.6. The molecule has 7 heteroatoms. The molecule has 0 radical (unpaired) electrons. The molecule has 0 aromatic carbocycles. The molecule has 0 aliphatic carbocycles. The molecular formula is C11H11ClN4O2. The second-order valence-electron chi connectivity index (χ2n) is 3.99. The number of pyridine rings is 1. The number of rotatable bonds is 2. The predicted octanol–water partition coefficient (Wildman–Crippen LogP) is 2.57. The first-order valence-corrected chi connectivity index (χ1v) is 5.60. The maximum atomic E-state index is 10.6. The van der Waals surface area contributed by atoms with Crippen LogP contribution in [0.25, 0.3) is 17.1 Å². The van der Waals surface area contributed by atoms with E-state index in [9.17, 15) is 10.1 Å². The van der Waals surface area contributed by atoms with Crippen LogP contribution in [0, 0.1) is 17.0 Å². The van der Waals surface area contributed by atoms with Crippen molar-refractivity contribution in [2.24, 2.45) is 7.05 Å². The Hall–Kier alpha value is -1.95. The van der Waals surface area contributed by atoms with Crippen LogP contribution in [0.3, 0.4) is 0 Å². The Morgan fingerprint density at radius 3 is 2.89 bits per heavy atom. The van der Waals surface area contributed by atoms with Crippen LogP contribution in [-0.2, 0) is 7.05 Å². The van der Waals surface area contributed by atoms with Crippen LogP contribution in [0.4, 0.5) is 0 Å². The fourth-order valence-corrected chi connectivity index (χ4v) is 1.90. The Bertz CT molecular complexity index is 675. The van der Waals surface area contributed by atoms with E-state index in [0.29, 0.717) is 11.2 Å². The molecule has 0 N–H and O–H groups in total. The Kier molecular flexibility index (Phi) is 3.04. The molecule has 0 saturated carbocycles. The summed E-state index contributed by atoms with van der Waals surface area (Å²) in [5.41, 5.74) is 2.01. The quantitative estimate of drug-likeness (QED) is 0.476. The van der Waals surface area contributed by atoms with Gasteiger partial charge in [0.05, 0.1) is 10.6 Å². The SMILES string of the molecule is CC(=Cc1cc2c(C)nn(C)c2nc1Cl)[N+](=O)[O-]. The lowest BCUT2D eigenvalue weighted by Crippen LogP contribution is -1.95. The molecule has 2 rings (SSSR count). The van der Waals surface area contributed by atoms with Crippen LogP contribution >= 0.6 is 11.6 Å². The van der Waals surface area contributed by atoms with Crippen LogP contribution in [0.2, 0.25) is 5.15 Å². The zero-order chi connectivity index (χ0) is 13.4. The number of hydrogen-bond acceptors (Lipinski definition) is 4. The summed E-state index contributed by atoms with van der Waals surface area (Å²) in [6.45, 7) is 3.27. The van der Waals surface area contributed by atoms with Gasteiger partial charge < -0.3 is 0 Å². The number of aryl methyl sites for hydroxylation is 2. The fourth-order valence-electron chi connectivity index (χ4n) is 1.72. The number of halogens is 1. The first-order chi connectivity index (χ1) is 8.40. The van der Waals surface area contributed by atoms with Gasteiger partial charge in [0.15, 0.2) is 5.65 Å². The van der Waals surface area contributed by atoms with E-state index in [1.54, 1.807) is 17.8 Å². The van der Waals surface area contributed by atoms with Gasteiger partial charge in [-0.1, -0.05) is 11.6 Å². The molecule has 18 heavy (non-hydrogen) atoms. The summed E-state index contributed by atoms with van der Waals surface area (Å²) in [6, 6.07) is 1.76. The fraction of sp³-hybridized carbons (Fsp3) is 0.273. The highest BCUT2D eigenvalue weighted by Gasteiger charge is 2.12. The number of allylic oxidation sites excluding steroid dienone is 1. The molecular weight excluding hydrogens is 256 g/mol. The molecule has 0 aliphatic rings. The maximum Gasteiger partial charge on any atom is 0.243 e. The van der Waals surface area contributed by atoms with E-state index in [2.05, 4.69) is 10.1 Å². The lowest BCUT2D eigenvalue weighted by atomic mass is 10.2. The molecule has 0 amide bonds. The van der Waals surface area contributed by atoms with E-state index in [1.807, 2.05) is 6.92 Å². The van der Waals surface area contributed by atoms with Gasteiger partial charge in [-0.25, -0.2) is 4.98 Å². The molecule has 0 atom stereocenters. The normalized spacial score (nSPS) is 12.1. The Labute approximate surface area is 108 Å². The smallest absolute Gasteiger partial charge is 0.243 e. The highest BCUT2D eigenvalue weighted by Crippen LogP contribution is 2.24. The van der Waals surface area contributed by atoms with E-state index < -0.39 is 4.92 Å². The number of aromatic nitrogens is 3. The third-order valence-corrected chi connectivity index (χ3v) is 2.93. The summed E-state index contributed by atoms with van der Waals surface area (Å²) in [7, 11) is 1.77. The van der Waals surface area contributed by atoms with Crippen molar-refractivity contribution in [3.05, 3.63) is 38.3 Å². The van der Waals surface area contributed by atoms with Crippen LogP contribution in [0.5, 0.6) is 0 Å². The second-order valence-corrected chi connectivity index (χ2v) is 4.35. The summed E-state index contributed by atoms with van der Waals surface area (Å²) < 4.78 is 1.63. The van der Waals surface area contributed by atoms with Crippen LogP contribution in [0.15, 0.2) is 11.8 Å². The van der Waals surface area contributed by atoms with Crippen molar-refractivity contribution in [2.45, 2.75) is 13.8 Å². The summed E-state index contributed by atoms with van der Waals surface area (Å²) >= 11 is 6.01. The standard InChI is InChI=1S/C11H11ClN4O2/c1-6(16(17)18)4-8-5-9-7(2)14-15(3)11(9)13-10(8)12/h4-5H,1-3H3. The topological polar surface area (TPSA) is 73.8 Å². The van der Waals surface area contributed by atoms with E-state index >= 15 is 0 Å². The number of nitro groups is 1. The molecule has 2 aromatic rings. The van der Waals surface area contributed by atoms with Gasteiger partial charge in [0, 0.05) is 31.0 Å². The highest BCUT2D eigenvalue weighted by molar-refractivity contribution is 6.31. The van der Waals surface area contributed by atoms with Gasteiger partial charge in [0.1, 0.15) is 5.15 Å². The first kappa shape index (κ1) is 12.5. The van der Waals surface area contributed by atoms with Gasteiger partial charge in [-0.15, -0.1) is 0 Å². The number of nitrogens with zero attached hydrogens (tertiary/aromatic N) is 4. The average Bonchev–Trinajstić information content (AvgIpc) is 2.55. The zero-order valence-electron chi connectivity index (χ0n) is 10.1. The minimum atomic E-state index is -0.462. The van der Waals surface area contributed by atoms with Gasteiger partial charge in [0.2, 0.25) is 5.70 Å². The number of fused-ring (bicyclic) bond motifs is 1. The molecule has 0 fully saturated rings. The van der Waals surface area contributed by atoms with E-state index in [0.717, 1.165) is 11.1 Å². The molecule has 0 spiro atoms. The van der Waals surface area contributed by atoms with E-state index in [-0.39, 0.29) is 10.9 Å². The molecule has 2 heterocycles. The van der Waals surface area contributed by atoms with E-state index in [4.69, 9.17) is 11.6 Å². The Morgan fingerprint density at radius 1 is 1.61 bits per heavy atom. The molecule has 0 saturated heterocycles. The van der Waals surface area contributed by atoms with Crippen molar-refractivity contribution < 1.29 is 4.92 Å². The minimum absolute atomic E-state index is 0.0135. The first-order valence-electron chi connectivity index (χ1n) is 5.22. The van der Waals surface area contributed by atoms with Crippen LogP contribution < -0.4 is 0 Å². The summed E-state index contributed by atoms with van der Waals surface area (Å²) in [5.74, 6) is 0. The summed E-state index contributed by atoms with van der Waals surface area (Å²) in [6.07, 6.45) is 1.40. The van der Waals surface area contributed by atoms with Crippen LogP contribution in [-0.4, -0.2) is 19.7 Å². The molecule has 6 nitrogen and oxygen atoms in total. The Balaban J connectivity index is 2.66. The third-order valence-electron chi connectivity index (χ3n) is 2.63. The van der Waals surface area contributed by atoms with Crippen molar-refractivity contribution in [1.29, 1.82) is 0 Å². The van der Waals surface area contributed by atoms with Crippen LogP contribution in [0.1, 0.15) is 18.2 Å². The summed E-state index contributed by atoms with van der Waals surface area (Å²) in [4.78, 5) is 14.4. The largest absolute Gasteiger partial charge is 0.259 e. The Morgan fingerprint density at radius 2 is 2.28 bits per heavy atom. The monoisotopic (exact) mass is 266 g/mol. The van der Waals surface area contributed by atoms with Crippen molar-refractivity contribution in [2.75, 3.05) is 0 Å². The van der Waals surface area contributed by atoms with Gasteiger partial charge in [-0.05, 0) is 13.0 Å². The lowest BCUT2D eigenvalue weighted by molar-refractivity contribution is -0.422. The lowest BCUT2D eigenvalue weighted by Gasteiger charge is -1.99. The molecule has 0 unspecified atom stereocenters. The molecule has 94 valence electrons. The van der Waals surface area contributed by atoms with Gasteiger partial charge in [0.25, 0.3) is 0 Å². The van der Waals surface area contributed by atoms with Gasteiger partial charge in [-0.3, -0.25) is 14.8 Å². The van der Waals surface area contributed by atoms with E-state index in [1.165, 1.54) is 13.0 Å². The van der Waals surface area contributed by atoms with Gasteiger partial charge >= 0.3 is 0 Å². The van der Waals surface area contributed by atoms with Crippen molar-refractivity contribution in [3.63, 3.8) is 0 Å². The second kappa shape index (κ2) is 4.38. The average molecular weight is 267 g/mol. The van der Waals surface area contributed by atoms with Crippen molar-refractivity contribution in [3.8, 4) is 0 Å². The van der Waals surface area contributed by atoms with Crippen molar-refractivity contribution in [1.82, 2.24) is 14.8 Å². The highest BCUT2D eigenvalue weighted by atomic mass is 35.5. The zero-order valence-corrected chi connectivity index (χ0v) is 10.9.